The second kappa shape index (κ2) is 9.78. The Labute approximate surface area is 182 Å². The molecule has 0 aliphatic carbocycles. The van der Waals surface area contributed by atoms with E-state index in [1.54, 1.807) is 0 Å². The molecule has 0 spiro atoms. The van der Waals surface area contributed by atoms with E-state index in [4.69, 9.17) is 16.3 Å². The first-order valence-electron chi connectivity index (χ1n) is 9.54. The summed E-state index contributed by atoms with van der Waals surface area (Å²) < 4.78 is 23.0. The lowest BCUT2D eigenvalue weighted by Gasteiger charge is -2.36. The number of H-pyrrole nitrogens is 1. The highest BCUT2D eigenvalue weighted by atomic mass is 35.5. The first-order chi connectivity index (χ1) is 14.8. The fraction of sp³-hybridized carbons (Fsp3) is 0.400. The zero-order valence-corrected chi connectivity index (χ0v) is 17.7. The van der Waals surface area contributed by atoms with Crippen molar-refractivity contribution >= 4 is 29.6 Å². The quantitative estimate of drug-likeness (QED) is 0.650. The van der Waals surface area contributed by atoms with E-state index in [9.17, 15) is 18.8 Å². The van der Waals surface area contributed by atoms with E-state index in [1.807, 2.05) is 0 Å². The van der Waals surface area contributed by atoms with Crippen LogP contribution >= 0.6 is 11.6 Å². The van der Waals surface area contributed by atoms with Gasteiger partial charge >= 0.3 is 18.0 Å². The van der Waals surface area contributed by atoms with Crippen LogP contribution in [-0.4, -0.2) is 59.6 Å². The van der Waals surface area contributed by atoms with Gasteiger partial charge in [0, 0.05) is 25.1 Å². The maximum Gasteiger partial charge on any atom is 0.328 e. The van der Waals surface area contributed by atoms with Gasteiger partial charge in [-0.1, -0.05) is 17.7 Å². The van der Waals surface area contributed by atoms with Crippen molar-refractivity contribution < 1.29 is 28.2 Å². The largest absolute Gasteiger partial charge is 0.469 e. The van der Waals surface area contributed by atoms with Crippen LogP contribution in [0, 0.1) is 5.82 Å². The van der Waals surface area contributed by atoms with Crippen LogP contribution in [0.15, 0.2) is 24.5 Å². The molecule has 0 radical (unpaired) electrons. The molecule has 31 heavy (non-hydrogen) atoms. The molecule has 1 aromatic carbocycles. The zero-order valence-electron chi connectivity index (χ0n) is 17.0. The van der Waals surface area contributed by atoms with E-state index in [1.165, 1.54) is 43.6 Å². The molecule has 1 aliphatic heterocycles. The van der Waals surface area contributed by atoms with E-state index >= 15 is 0 Å². The molecule has 1 aromatic heterocycles. The Bertz CT molecular complexity index is 982. The monoisotopic (exact) mass is 452 g/mol. The molecule has 2 heterocycles. The molecule has 0 fully saturated rings. The minimum atomic E-state index is -1.05. The average molecular weight is 453 g/mol. The number of esters is 2. The summed E-state index contributed by atoms with van der Waals surface area (Å²) in [6.45, 7) is 0.311. The molecular weight excluding hydrogens is 431 g/mol. The third kappa shape index (κ3) is 4.96. The van der Waals surface area contributed by atoms with Crippen LogP contribution in [0.3, 0.4) is 0 Å². The predicted molar refractivity (Wildman–Crippen MR) is 108 cm³/mol. The number of ether oxygens (including phenoxy) is 2. The van der Waals surface area contributed by atoms with Crippen molar-refractivity contribution in [2.75, 3.05) is 20.8 Å². The van der Waals surface area contributed by atoms with Gasteiger partial charge in [-0.2, -0.15) is 0 Å². The molecule has 0 saturated heterocycles. The number of nitrogens with zero attached hydrogens (tertiary/aromatic N) is 2. The summed E-state index contributed by atoms with van der Waals surface area (Å²) in [6.07, 6.45) is 1.98. The number of imidazole rings is 1. The normalized spacial score (nSPS) is 16.3. The van der Waals surface area contributed by atoms with Crippen molar-refractivity contribution in [2.24, 2.45) is 0 Å². The first kappa shape index (κ1) is 22.5. The van der Waals surface area contributed by atoms with Gasteiger partial charge in [0.25, 0.3) is 0 Å². The molecular formula is C20H22ClFN4O5. The van der Waals surface area contributed by atoms with Gasteiger partial charge in [0.1, 0.15) is 17.9 Å². The van der Waals surface area contributed by atoms with Crippen LogP contribution in [0.5, 0.6) is 0 Å². The maximum atomic E-state index is 13.7. The second-order valence-corrected chi connectivity index (χ2v) is 7.33. The topological polar surface area (TPSA) is 114 Å². The van der Waals surface area contributed by atoms with Crippen LogP contribution in [0.1, 0.15) is 35.8 Å². The number of carbonyl (C=O) groups is 3. The average Bonchev–Trinajstić information content (AvgIpc) is 3.25. The third-order valence-corrected chi connectivity index (χ3v) is 5.38. The molecule has 2 N–H and O–H groups in total. The smallest absolute Gasteiger partial charge is 0.328 e. The van der Waals surface area contributed by atoms with Gasteiger partial charge in [-0.05, 0) is 24.1 Å². The highest BCUT2D eigenvalue weighted by Crippen LogP contribution is 2.35. The molecule has 0 bridgehead atoms. The number of aromatic amines is 1. The molecule has 166 valence electrons. The number of benzene rings is 1. The highest BCUT2D eigenvalue weighted by molar-refractivity contribution is 6.30. The number of hydrogen-bond acceptors (Lipinski definition) is 6. The SMILES string of the molecule is COC(=O)CC[C@H](NC(=O)N1CCc2[nH]cnc2[C@H]1c1ccc(F)c(Cl)c1)C(=O)OC. The minimum absolute atomic E-state index is 0.0135. The van der Waals surface area contributed by atoms with Gasteiger partial charge in [0.05, 0.1) is 31.3 Å². The lowest BCUT2D eigenvalue weighted by atomic mass is 9.96. The molecule has 1 aliphatic rings. The first-order valence-corrected chi connectivity index (χ1v) is 9.92. The number of carbonyl (C=O) groups excluding carboxylic acids is 3. The van der Waals surface area contributed by atoms with Crippen LogP contribution < -0.4 is 5.32 Å². The molecule has 2 aromatic rings. The molecule has 3 rings (SSSR count). The van der Waals surface area contributed by atoms with E-state index in [-0.39, 0.29) is 17.9 Å². The Kier molecular flexibility index (Phi) is 7.11. The predicted octanol–water partition coefficient (Wildman–Crippen LogP) is 2.35. The second-order valence-electron chi connectivity index (χ2n) is 6.93. The van der Waals surface area contributed by atoms with E-state index in [0.29, 0.717) is 24.2 Å². The van der Waals surface area contributed by atoms with Gasteiger partial charge in [-0.15, -0.1) is 0 Å². The summed E-state index contributed by atoms with van der Waals surface area (Å²) in [6, 6.07) is 1.95. The van der Waals surface area contributed by atoms with Gasteiger partial charge in [-0.3, -0.25) is 4.79 Å². The van der Waals surface area contributed by atoms with Gasteiger partial charge < -0.3 is 24.7 Å². The standard InChI is InChI=1S/C20H22ClFN4O5/c1-30-16(27)6-5-15(19(28)31-2)25-20(29)26-8-7-14-17(24-10-23-14)18(26)11-3-4-13(22)12(21)9-11/h3-4,9-10,15,18H,5-8H2,1-2H3,(H,23,24)(H,25,29)/t15-,18+/m0/s1. The van der Waals surface area contributed by atoms with Crippen molar-refractivity contribution in [2.45, 2.75) is 31.3 Å². The van der Waals surface area contributed by atoms with Crippen LogP contribution in [0.25, 0.3) is 0 Å². The number of amides is 2. The van der Waals surface area contributed by atoms with Crippen molar-refractivity contribution in [1.82, 2.24) is 20.2 Å². The third-order valence-electron chi connectivity index (χ3n) is 5.09. The number of nitrogens with one attached hydrogen (secondary N) is 2. The Morgan fingerprint density at radius 1 is 1.35 bits per heavy atom. The fourth-order valence-corrected chi connectivity index (χ4v) is 3.69. The summed E-state index contributed by atoms with van der Waals surface area (Å²) >= 11 is 5.96. The van der Waals surface area contributed by atoms with Gasteiger partial charge in [0.2, 0.25) is 0 Å². The number of hydrogen-bond donors (Lipinski definition) is 2. The number of halogens is 2. The fourth-order valence-electron chi connectivity index (χ4n) is 3.50. The Morgan fingerprint density at radius 2 is 2.13 bits per heavy atom. The highest BCUT2D eigenvalue weighted by Gasteiger charge is 2.36. The molecule has 0 unspecified atom stereocenters. The number of urea groups is 1. The van der Waals surface area contributed by atoms with Gasteiger partial charge in [-0.25, -0.2) is 19.0 Å². The molecule has 2 amide bonds. The molecule has 0 saturated carbocycles. The van der Waals surface area contributed by atoms with Gasteiger partial charge in [0.15, 0.2) is 0 Å². The summed E-state index contributed by atoms with van der Waals surface area (Å²) in [4.78, 5) is 45.6. The van der Waals surface area contributed by atoms with Crippen LogP contribution in [-0.2, 0) is 25.5 Å². The Morgan fingerprint density at radius 3 is 2.81 bits per heavy atom. The van der Waals surface area contributed by atoms with E-state index in [0.717, 1.165) is 5.69 Å². The number of rotatable bonds is 6. The summed E-state index contributed by atoms with van der Waals surface area (Å²) in [5, 5.41) is 2.55. The van der Waals surface area contributed by atoms with Crippen molar-refractivity contribution in [3.63, 3.8) is 0 Å². The summed E-state index contributed by atoms with van der Waals surface area (Å²) in [5.74, 6) is -1.77. The number of methoxy groups -OCH3 is 2. The molecule has 11 heteroatoms. The van der Waals surface area contributed by atoms with E-state index < -0.39 is 35.9 Å². The Hall–Kier alpha value is -3.14. The number of fused-ring (bicyclic) bond motifs is 1. The maximum absolute atomic E-state index is 13.7. The Balaban J connectivity index is 1.87. The lowest BCUT2D eigenvalue weighted by molar-refractivity contribution is -0.144. The summed E-state index contributed by atoms with van der Waals surface area (Å²) in [7, 11) is 2.43. The zero-order chi connectivity index (χ0) is 22.5. The van der Waals surface area contributed by atoms with Crippen molar-refractivity contribution in [1.29, 1.82) is 0 Å². The number of aromatic nitrogens is 2. The van der Waals surface area contributed by atoms with Crippen LogP contribution in [0.2, 0.25) is 5.02 Å². The minimum Gasteiger partial charge on any atom is -0.469 e. The van der Waals surface area contributed by atoms with Crippen molar-refractivity contribution in [3.8, 4) is 0 Å². The molecule has 2 atom stereocenters. The van der Waals surface area contributed by atoms with Crippen LogP contribution in [0.4, 0.5) is 9.18 Å². The lowest BCUT2D eigenvalue weighted by Crippen LogP contribution is -2.51. The summed E-state index contributed by atoms with van der Waals surface area (Å²) in [5.41, 5.74) is 2.02. The van der Waals surface area contributed by atoms with Crippen molar-refractivity contribution in [3.05, 3.63) is 52.3 Å². The molecule has 9 nitrogen and oxygen atoms in total. The van der Waals surface area contributed by atoms with E-state index in [2.05, 4.69) is 20.0 Å².